The molecule has 2 rings (SSSR count). The maximum absolute atomic E-state index is 12.9. The number of rotatable bonds is 6. The van der Waals surface area contributed by atoms with E-state index >= 15 is 0 Å². The van der Waals surface area contributed by atoms with Crippen LogP contribution in [0.2, 0.25) is 0 Å². The zero-order valence-corrected chi connectivity index (χ0v) is 14.9. The van der Waals surface area contributed by atoms with Gasteiger partial charge in [-0.1, -0.05) is 48.0 Å². The Morgan fingerprint density at radius 3 is 2.08 bits per heavy atom. The molecule has 0 saturated heterocycles. The van der Waals surface area contributed by atoms with E-state index in [-0.39, 0.29) is 5.91 Å². The number of benzene rings is 2. The van der Waals surface area contributed by atoms with Gasteiger partial charge in [0.05, 0.1) is 5.69 Å². The van der Waals surface area contributed by atoms with Gasteiger partial charge in [0, 0.05) is 25.7 Å². The number of carbonyl (C=O) groups is 1. The fourth-order valence-electron chi connectivity index (χ4n) is 2.45. The van der Waals surface area contributed by atoms with Crippen molar-refractivity contribution in [3.8, 4) is 0 Å². The van der Waals surface area contributed by atoms with E-state index in [1.807, 2.05) is 82.4 Å². The predicted octanol–water partition coefficient (Wildman–Crippen LogP) is 3.70. The zero-order valence-electron chi connectivity index (χ0n) is 14.9. The van der Waals surface area contributed by atoms with Crippen LogP contribution in [-0.2, 0) is 4.79 Å². The average Bonchev–Trinajstić information content (AvgIpc) is 2.61. The first kappa shape index (κ1) is 17.7. The van der Waals surface area contributed by atoms with Gasteiger partial charge in [-0.15, -0.1) is 0 Å². The van der Waals surface area contributed by atoms with Crippen molar-refractivity contribution < 1.29 is 4.79 Å². The van der Waals surface area contributed by atoms with Crippen LogP contribution in [0, 0.1) is 6.92 Å². The van der Waals surface area contributed by atoms with Gasteiger partial charge < -0.3 is 4.90 Å². The molecule has 0 bridgehead atoms. The molecule has 0 aliphatic rings. The van der Waals surface area contributed by atoms with E-state index in [2.05, 4.69) is 5.10 Å². The Morgan fingerprint density at radius 2 is 1.54 bits per heavy atom. The van der Waals surface area contributed by atoms with Crippen molar-refractivity contribution in [3.63, 3.8) is 0 Å². The molecule has 4 nitrogen and oxygen atoms in total. The highest BCUT2D eigenvalue weighted by Gasteiger charge is 2.20. The molecule has 0 spiro atoms. The minimum absolute atomic E-state index is 0.0508. The van der Waals surface area contributed by atoms with E-state index < -0.39 is 0 Å². The van der Waals surface area contributed by atoms with Crippen LogP contribution in [0.4, 0.5) is 5.69 Å². The summed E-state index contributed by atoms with van der Waals surface area (Å²) >= 11 is 0. The van der Waals surface area contributed by atoms with Crippen LogP contribution in [0.3, 0.4) is 0 Å². The Balaban J connectivity index is 2.41. The van der Waals surface area contributed by atoms with Crippen LogP contribution >= 0.6 is 0 Å². The summed E-state index contributed by atoms with van der Waals surface area (Å²) in [4.78, 5) is 14.7. The first-order chi connectivity index (χ1) is 11.6. The van der Waals surface area contributed by atoms with Crippen LogP contribution < -0.4 is 5.01 Å². The van der Waals surface area contributed by atoms with E-state index in [1.54, 1.807) is 9.91 Å². The van der Waals surface area contributed by atoms with Crippen LogP contribution in [-0.4, -0.2) is 36.7 Å². The topological polar surface area (TPSA) is 35.9 Å². The standard InChI is InChI=1S/C20H25N3O/c1-5-23(6-2)20(24)19(17-10-8-7-9-11-17)21-22(4)18-14-12-16(3)13-15-18/h7-15H,5-6H2,1-4H3/b21-19+. The molecule has 0 unspecified atom stereocenters. The van der Waals surface area contributed by atoms with E-state index in [0.717, 1.165) is 11.3 Å². The minimum atomic E-state index is -0.0508. The highest BCUT2D eigenvalue weighted by atomic mass is 16.2. The van der Waals surface area contributed by atoms with Crippen LogP contribution in [0.15, 0.2) is 59.7 Å². The molecule has 0 radical (unpaired) electrons. The molecule has 0 aliphatic heterocycles. The van der Waals surface area contributed by atoms with Gasteiger partial charge in [-0.25, -0.2) is 0 Å². The maximum Gasteiger partial charge on any atom is 0.274 e. The third kappa shape index (κ3) is 4.22. The molecule has 0 atom stereocenters. The monoisotopic (exact) mass is 323 g/mol. The number of likely N-dealkylation sites (N-methyl/N-ethyl adjacent to an activating group) is 1. The lowest BCUT2D eigenvalue weighted by Crippen LogP contribution is -2.37. The Hall–Kier alpha value is -2.62. The van der Waals surface area contributed by atoms with Gasteiger partial charge in [-0.05, 0) is 32.9 Å². The SMILES string of the molecule is CCN(CC)C(=O)/C(=N/N(C)c1ccc(C)cc1)c1ccccc1. The highest BCUT2D eigenvalue weighted by molar-refractivity contribution is 6.45. The van der Waals surface area contributed by atoms with Crippen molar-refractivity contribution in [3.05, 3.63) is 65.7 Å². The summed E-state index contributed by atoms with van der Waals surface area (Å²) in [5.41, 5.74) is 3.43. The second-order valence-corrected chi connectivity index (χ2v) is 5.65. The average molecular weight is 323 g/mol. The number of anilines is 1. The molecule has 0 aliphatic carbocycles. The molecular weight excluding hydrogens is 298 g/mol. The van der Waals surface area contributed by atoms with Crippen molar-refractivity contribution in [1.82, 2.24) is 4.90 Å². The van der Waals surface area contributed by atoms with Gasteiger partial charge in [0.2, 0.25) is 0 Å². The van der Waals surface area contributed by atoms with Crippen molar-refractivity contribution in [2.75, 3.05) is 25.1 Å². The summed E-state index contributed by atoms with van der Waals surface area (Å²) in [7, 11) is 1.86. The lowest BCUT2D eigenvalue weighted by Gasteiger charge is -2.22. The molecule has 0 heterocycles. The lowest BCUT2D eigenvalue weighted by atomic mass is 10.1. The number of hydrogen-bond donors (Lipinski definition) is 0. The summed E-state index contributed by atoms with van der Waals surface area (Å²) in [6.45, 7) is 7.33. The first-order valence-corrected chi connectivity index (χ1v) is 8.30. The third-order valence-corrected chi connectivity index (χ3v) is 3.96. The summed E-state index contributed by atoms with van der Waals surface area (Å²) < 4.78 is 0. The van der Waals surface area contributed by atoms with Crippen LogP contribution in [0.25, 0.3) is 0 Å². The quantitative estimate of drug-likeness (QED) is 0.600. The van der Waals surface area contributed by atoms with Crippen molar-refractivity contribution >= 4 is 17.3 Å². The fraction of sp³-hybridized carbons (Fsp3) is 0.300. The smallest absolute Gasteiger partial charge is 0.274 e. The van der Waals surface area contributed by atoms with Crippen molar-refractivity contribution in [2.24, 2.45) is 5.10 Å². The Bertz CT molecular complexity index is 689. The summed E-state index contributed by atoms with van der Waals surface area (Å²) in [5.74, 6) is -0.0508. The molecule has 1 amide bonds. The molecule has 0 fully saturated rings. The number of carbonyl (C=O) groups excluding carboxylic acids is 1. The van der Waals surface area contributed by atoms with Gasteiger partial charge in [0.15, 0.2) is 5.71 Å². The van der Waals surface area contributed by atoms with Gasteiger partial charge >= 0.3 is 0 Å². The zero-order chi connectivity index (χ0) is 17.5. The molecule has 24 heavy (non-hydrogen) atoms. The predicted molar refractivity (Wildman–Crippen MR) is 100 cm³/mol. The molecule has 2 aromatic carbocycles. The molecule has 4 heteroatoms. The fourth-order valence-corrected chi connectivity index (χ4v) is 2.45. The lowest BCUT2D eigenvalue weighted by molar-refractivity contribution is -0.123. The van der Waals surface area contributed by atoms with Gasteiger partial charge in [0.1, 0.15) is 0 Å². The Kier molecular flexibility index (Phi) is 6.13. The largest absolute Gasteiger partial charge is 0.338 e. The number of hydrogen-bond acceptors (Lipinski definition) is 3. The molecule has 0 saturated carbocycles. The van der Waals surface area contributed by atoms with Crippen molar-refractivity contribution in [1.29, 1.82) is 0 Å². The number of aryl methyl sites for hydroxylation is 1. The van der Waals surface area contributed by atoms with Crippen LogP contribution in [0.1, 0.15) is 25.0 Å². The third-order valence-electron chi connectivity index (χ3n) is 3.96. The van der Waals surface area contributed by atoms with E-state index in [0.29, 0.717) is 18.8 Å². The second-order valence-electron chi connectivity index (χ2n) is 5.65. The first-order valence-electron chi connectivity index (χ1n) is 8.30. The molecule has 0 aromatic heterocycles. The summed E-state index contributed by atoms with van der Waals surface area (Å²) in [5, 5.41) is 6.38. The van der Waals surface area contributed by atoms with Crippen molar-refractivity contribution in [2.45, 2.75) is 20.8 Å². The molecule has 2 aromatic rings. The Morgan fingerprint density at radius 1 is 0.958 bits per heavy atom. The normalized spacial score (nSPS) is 11.2. The molecule has 0 N–H and O–H groups in total. The minimum Gasteiger partial charge on any atom is -0.338 e. The maximum atomic E-state index is 12.9. The molecule has 126 valence electrons. The Labute approximate surface area is 144 Å². The number of hydrazone groups is 1. The van der Waals surface area contributed by atoms with Gasteiger partial charge in [-0.2, -0.15) is 5.10 Å². The number of amides is 1. The van der Waals surface area contributed by atoms with Crippen LogP contribution in [0.5, 0.6) is 0 Å². The highest BCUT2D eigenvalue weighted by Crippen LogP contribution is 2.15. The number of nitrogens with zero attached hydrogens (tertiary/aromatic N) is 3. The summed E-state index contributed by atoms with van der Waals surface area (Å²) in [6, 6.07) is 17.7. The van der Waals surface area contributed by atoms with Gasteiger partial charge in [0.25, 0.3) is 5.91 Å². The second kappa shape index (κ2) is 8.29. The summed E-state index contributed by atoms with van der Waals surface area (Å²) in [6.07, 6.45) is 0. The van der Waals surface area contributed by atoms with Gasteiger partial charge in [-0.3, -0.25) is 9.80 Å². The van der Waals surface area contributed by atoms with E-state index in [9.17, 15) is 4.79 Å². The molecular formula is C20H25N3O. The van der Waals surface area contributed by atoms with E-state index in [1.165, 1.54) is 5.56 Å². The van der Waals surface area contributed by atoms with E-state index in [4.69, 9.17) is 0 Å².